The molecule has 3 aromatic rings. The van der Waals surface area contributed by atoms with Crippen LogP contribution in [0.4, 0.5) is 5.82 Å². The van der Waals surface area contributed by atoms with Crippen LogP contribution in [0.5, 0.6) is 0 Å². The number of nitrogens with zero attached hydrogens (tertiary/aromatic N) is 5. The fourth-order valence-electron chi connectivity index (χ4n) is 5.03. The van der Waals surface area contributed by atoms with E-state index in [1.54, 1.807) is 17.7 Å². The Labute approximate surface area is 216 Å². The molecule has 0 radical (unpaired) electrons. The Morgan fingerprint density at radius 3 is 2.57 bits per heavy atom. The molecule has 2 aliphatic rings. The number of aromatic nitrogens is 2. The summed E-state index contributed by atoms with van der Waals surface area (Å²) >= 11 is 7.90. The van der Waals surface area contributed by atoms with E-state index in [-0.39, 0.29) is 11.8 Å². The number of carbonyl (C=O) groups excluding carboxylic acids is 1. The molecule has 9 heteroatoms. The zero-order valence-electron chi connectivity index (χ0n) is 20.6. The molecule has 0 saturated carbocycles. The fraction of sp³-hybridized carbons (Fsp3) is 0.500. The molecule has 1 atom stereocenters. The number of anilines is 1. The Kier molecular flexibility index (Phi) is 7.25. The van der Waals surface area contributed by atoms with Crippen molar-refractivity contribution in [2.75, 3.05) is 51.2 Å². The second-order valence-electron chi connectivity index (χ2n) is 9.85. The first-order valence-corrected chi connectivity index (χ1v) is 13.6. The van der Waals surface area contributed by atoms with E-state index in [9.17, 15) is 4.79 Å². The standard InChI is InChI=1S/C26H33ClN6OS/c1-17(2)28-14-21(18-4-6-19(27)7-5-18)26(34)33-12-10-32(11-13-33)24-23-20-8-9-31(3)15-22(20)35-25(23)30-16-29-24/h4-7,16-17,21,28H,8-15H2,1-3H3. The second-order valence-corrected chi connectivity index (χ2v) is 11.4. The van der Waals surface area contributed by atoms with Crippen molar-refractivity contribution in [3.63, 3.8) is 0 Å². The zero-order valence-corrected chi connectivity index (χ0v) is 22.2. The van der Waals surface area contributed by atoms with Crippen LogP contribution in [0, 0.1) is 0 Å². The van der Waals surface area contributed by atoms with Crippen LogP contribution in [-0.4, -0.2) is 78.0 Å². The number of piperazine rings is 1. The van der Waals surface area contributed by atoms with Gasteiger partial charge in [-0.1, -0.05) is 37.6 Å². The Balaban J connectivity index is 1.33. The van der Waals surface area contributed by atoms with Crippen LogP contribution in [-0.2, 0) is 17.8 Å². The van der Waals surface area contributed by atoms with Gasteiger partial charge in [-0.2, -0.15) is 0 Å². The normalized spacial score (nSPS) is 17.7. The average Bonchev–Trinajstić information content (AvgIpc) is 3.22. The molecule has 0 spiro atoms. The minimum atomic E-state index is -0.229. The Morgan fingerprint density at radius 1 is 1.11 bits per heavy atom. The van der Waals surface area contributed by atoms with E-state index in [1.165, 1.54) is 15.8 Å². The number of halogens is 1. The van der Waals surface area contributed by atoms with Gasteiger partial charge in [-0.3, -0.25) is 4.79 Å². The number of hydrogen-bond acceptors (Lipinski definition) is 7. The molecular formula is C26H33ClN6OS. The van der Waals surface area contributed by atoms with Gasteiger partial charge in [-0.05, 0) is 36.7 Å². The number of nitrogens with one attached hydrogen (secondary N) is 1. The van der Waals surface area contributed by atoms with Gasteiger partial charge in [0.15, 0.2) is 0 Å². The van der Waals surface area contributed by atoms with Gasteiger partial charge in [0.2, 0.25) is 5.91 Å². The van der Waals surface area contributed by atoms with Crippen LogP contribution in [0.25, 0.3) is 10.2 Å². The lowest BCUT2D eigenvalue weighted by atomic mass is 9.96. The fourth-order valence-corrected chi connectivity index (χ4v) is 6.42. The number of rotatable bonds is 6. The monoisotopic (exact) mass is 512 g/mol. The van der Waals surface area contributed by atoms with E-state index in [0.29, 0.717) is 30.7 Å². The predicted octanol–water partition coefficient (Wildman–Crippen LogP) is 3.76. The summed E-state index contributed by atoms with van der Waals surface area (Å²) in [6.45, 7) is 9.77. The number of thiophene rings is 1. The van der Waals surface area contributed by atoms with Gasteiger partial charge >= 0.3 is 0 Å². The largest absolute Gasteiger partial charge is 0.352 e. The molecule has 1 unspecified atom stereocenters. The number of carbonyl (C=O) groups is 1. The highest BCUT2D eigenvalue weighted by Gasteiger charge is 2.31. The maximum Gasteiger partial charge on any atom is 0.231 e. The number of fused-ring (bicyclic) bond motifs is 3. The van der Waals surface area contributed by atoms with E-state index < -0.39 is 0 Å². The number of likely N-dealkylation sites (N-methyl/N-ethyl adjacent to an activating group) is 1. The van der Waals surface area contributed by atoms with Crippen LogP contribution in [0.15, 0.2) is 30.6 Å². The van der Waals surface area contributed by atoms with Crippen LogP contribution >= 0.6 is 22.9 Å². The second kappa shape index (κ2) is 10.4. The lowest BCUT2D eigenvalue weighted by Crippen LogP contribution is -2.51. The minimum absolute atomic E-state index is 0.170. The summed E-state index contributed by atoms with van der Waals surface area (Å²) in [5.74, 6) is 0.969. The van der Waals surface area contributed by atoms with Crippen molar-refractivity contribution in [1.29, 1.82) is 0 Å². The van der Waals surface area contributed by atoms with Crippen molar-refractivity contribution in [1.82, 2.24) is 25.1 Å². The molecule has 5 rings (SSSR count). The Hall–Kier alpha value is -2.26. The van der Waals surface area contributed by atoms with Crippen molar-refractivity contribution >= 4 is 44.9 Å². The summed E-state index contributed by atoms with van der Waals surface area (Å²) in [6.07, 6.45) is 2.73. The average molecular weight is 513 g/mol. The number of amides is 1. The highest BCUT2D eigenvalue weighted by Crippen LogP contribution is 2.38. The van der Waals surface area contributed by atoms with E-state index in [2.05, 4.69) is 41.0 Å². The van der Waals surface area contributed by atoms with Crippen LogP contribution in [0.3, 0.4) is 0 Å². The third-order valence-corrected chi connectivity index (χ3v) is 8.38. The van der Waals surface area contributed by atoms with Gasteiger partial charge in [0, 0.05) is 61.8 Å². The first kappa shape index (κ1) is 24.4. The molecule has 1 fully saturated rings. The smallest absolute Gasteiger partial charge is 0.231 e. The summed E-state index contributed by atoms with van der Waals surface area (Å²) in [4.78, 5) is 32.1. The van der Waals surface area contributed by atoms with Gasteiger partial charge in [0.1, 0.15) is 17.0 Å². The van der Waals surface area contributed by atoms with E-state index in [1.807, 2.05) is 29.2 Å². The topological polar surface area (TPSA) is 64.6 Å². The van der Waals surface area contributed by atoms with Gasteiger partial charge in [0.05, 0.1) is 11.3 Å². The molecule has 2 aromatic heterocycles. The molecule has 35 heavy (non-hydrogen) atoms. The van der Waals surface area contributed by atoms with Crippen LogP contribution in [0.2, 0.25) is 5.02 Å². The summed E-state index contributed by atoms with van der Waals surface area (Å²) in [5, 5.41) is 5.36. The summed E-state index contributed by atoms with van der Waals surface area (Å²) in [6, 6.07) is 7.98. The van der Waals surface area contributed by atoms with Gasteiger partial charge in [0.25, 0.3) is 0 Å². The Bertz CT molecular complexity index is 1190. The van der Waals surface area contributed by atoms with Crippen LogP contribution < -0.4 is 10.2 Å². The van der Waals surface area contributed by atoms with Crippen molar-refractivity contribution in [2.24, 2.45) is 0 Å². The van der Waals surface area contributed by atoms with Crippen molar-refractivity contribution in [2.45, 2.75) is 38.8 Å². The van der Waals surface area contributed by atoms with Crippen molar-refractivity contribution in [3.05, 3.63) is 51.6 Å². The van der Waals surface area contributed by atoms with E-state index in [0.717, 1.165) is 48.8 Å². The molecular weight excluding hydrogens is 480 g/mol. The number of hydrogen-bond donors (Lipinski definition) is 1. The zero-order chi connectivity index (χ0) is 24.5. The van der Waals surface area contributed by atoms with Gasteiger partial charge in [-0.25, -0.2) is 9.97 Å². The van der Waals surface area contributed by atoms with E-state index in [4.69, 9.17) is 16.6 Å². The molecule has 4 heterocycles. The highest BCUT2D eigenvalue weighted by molar-refractivity contribution is 7.19. The third-order valence-electron chi connectivity index (χ3n) is 7.00. The van der Waals surface area contributed by atoms with Crippen molar-refractivity contribution in [3.8, 4) is 0 Å². The van der Waals surface area contributed by atoms with E-state index >= 15 is 0 Å². The minimum Gasteiger partial charge on any atom is -0.352 e. The molecule has 0 bridgehead atoms. The number of benzene rings is 1. The highest BCUT2D eigenvalue weighted by atomic mass is 35.5. The van der Waals surface area contributed by atoms with Crippen molar-refractivity contribution < 1.29 is 4.79 Å². The predicted molar refractivity (Wildman–Crippen MR) is 144 cm³/mol. The molecule has 186 valence electrons. The summed E-state index contributed by atoms with van der Waals surface area (Å²) < 4.78 is 0. The molecule has 0 aliphatic carbocycles. The first-order valence-electron chi connectivity index (χ1n) is 12.4. The lowest BCUT2D eigenvalue weighted by molar-refractivity contribution is -0.133. The van der Waals surface area contributed by atoms with Crippen LogP contribution in [0.1, 0.15) is 35.8 Å². The SMILES string of the molecule is CC(C)NCC(C(=O)N1CCN(c2ncnc3sc4c(c23)CCN(C)C4)CC1)c1ccc(Cl)cc1. The maximum atomic E-state index is 13.6. The molecule has 1 N–H and O–H groups in total. The van der Waals surface area contributed by atoms with Gasteiger partial charge < -0.3 is 20.0 Å². The maximum absolute atomic E-state index is 13.6. The molecule has 1 aromatic carbocycles. The third kappa shape index (κ3) is 5.16. The molecule has 2 aliphatic heterocycles. The first-order chi connectivity index (χ1) is 16.9. The molecule has 1 saturated heterocycles. The Morgan fingerprint density at radius 2 is 1.86 bits per heavy atom. The lowest BCUT2D eigenvalue weighted by Gasteiger charge is -2.37. The van der Waals surface area contributed by atoms with Gasteiger partial charge in [-0.15, -0.1) is 11.3 Å². The summed E-state index contributed by atoms with van der Waals surface area (Å²) in [7, 11) is 2.17. The summed E-state index contributed by atoms with van der Waals surface area (Å²) in [5.41, 5.74) is 2.42. The quantitative estimate of drug-likeness (QED) is 0.542. The molecule has 7 nitrogen and oxygen atoms in total. The molecule has 1 amide bonds.